The Bertz CT molecular complexity index is 1250. The third kappa shape index (κ3) is 4.35. The van der Waals surface area contributed by atoms with Crippen molar-refractivity contribution in [1.82, 2.24) is 0 Å². The smallest absolute Gasteiger partial charge is 0.231 e. The van der Waals surface area contributed by atoms with E-state index < -0.39 is 0 Å². The summed E-state index contributed by atoms with van der Waals surface area (Å²) in [6, 6.07) is 15.1. The van der Waals surface area contributed by atoms with Crippen LogP contribution in [0, 0.1) is 6.92 Å². The molecule has 0 saturated heterocycles. The van der Waals surface area contributed by atoms with Gasteiger partial charge in [-0.2, -0.15) is 0 Å². The van der Waals surface area contributed by atoms with E-state index in [0.29, 0.717) is 49.5 Å². The molecule has 3 aromatic rings. The zero-order chi connectivity index (χ0) is 22.8. The predicted octanol–water partition coefficient (Wildman–Crippen LogP) is 6.19. The van der Waals surface area contributed by atoms with Crippen LogP contribution >= 0.6 is 23.2 Å². The van der Waals surface area contributed by atoms with Gasteiger partial charge in [0.15, 0.2) is 18.1 Å². The van der Waals surface area contributed by atoms with Gasteiger partial charge in [-0.05, 0) is 67.1 Å². The number of allylic oxidation sites excluding steroid dienone is 1. The van der Waals surface area contributed by atoms with E-state index in [1.165, 1.54) is 0 Å². The van der Waals surface area contributed by atoms with Crippen LogP contribution in [-0.2, 0) is 0 Å². The highest BCUT2D eigenvalue weighted by molar-refractivity contribution is 6.42. The second-order valence-corrected chi connectivity index (χ2v) is 7.93. The molecule has 5 nitrogen and oxygen atoms in total. The van der Waals surface area contributed by atoms with Crippen LogP contribution in [0.15, 0.2) is 60.4 Å². The predicted molar refractivity (Wildman–Crippen MR) is 123 cm³/mol. The summed E-state index contributed by atoms with van der Waals surface area (Å²) in [7, 11) is 1.56. The number of hydrogen-bond acceptors (Lipinski definition) is 5. The topological polar surface area (TPSA) is 61.8 Å². The molecule has 0 aromatic heterocycles. The first-order valence-corrected chi connectivity index (χ1v) is 10.5. The van der Waals surface area contributed by atoms with E-state index in [9.17, 15) is 9.59 Å². The van der Waals surface area contributed by atoms with Crippen LogP contribution in [0.4, 0.5) is 0 Å². The molecular formula is C25H18Cl2O5. The van der Waals surface area contributed by atoms with Gasteiger partial charge in [0, 0.05) is 11.1 Å². The quantitative estimate of drug-likeness (QED) is 0.318. The van der Waals surface area contributed by atoms with Gasteiger partial charge in [-0.3, -0.25) is 9.59 Å². The molecule has 0 radical (unpaired) electrons. The van der Waals surface area contributed by atoms with Crippen molar-refractivity contribution in [2.45, 2.75) is 6.92 Å². The first-order chi connectivity index (χ1) is 15.4. The molecule has 3 aromatic carbocycles. The van der Waals surface area contributed by atoms with Crippen LogP contribution in [-0.4, -0.2) is 25.3 Å². The van der Waals surface area contributed by atoms with Crippen molar-refractivity contribution in [3.63, 3.8) is 0 Å². The number of fused-ring (bicyclic) bond motifs is 1. The summed E-state index contributed by atoms with van der Waals surface area (Å²) < 4.78 is 16.7. The van der Waals surface area contributed by atoms with Crippen molar-refractivity contribution in [3.8, 4) is 17.2 Å². The zero-order valence-corrected chi connectivity index (χ0v) is 18.8. The molecule has 0 unspecified atom stereocenters. The molecule has 0 fully saturated rings. The van der Waals surface area contributed by atoms with Crippen LogP contribution in [0.1, 0.15) is 31.8 Å². The SMILES string of the molecule is COc1ccc(C(=O)COc2ccc3c(c2C)O/C(=C\c2ccc(Cl)c(Cl)c2)C3=O)cc1. The average Bonchev–Trinajstić information content (AvgIpc) is 3.11. The minimum absolute atomic E-state index is 0.147. The summed E-state index contributed by atoms with van der Waals surface area (Å²) in [5, 5.41) is 0.815. The summed E-state index contributed by atoms with van der Waals surface area (Å²) in [6.07, 6.45) is 1.61. The summed E-state index contributed by atoms with van der Waals surface area (Å²) in [5.41, 5.74) is 2.27. The molecule has 0 aliphatic carbocycles. The molecule has 7 heteroatoms. The average molecular weight is 469 g/mol. The lowest BCUT2D eigenvalue weighted by atomic mass is 10.1. The van der Waals surface area contributed by atoms with Crippen LogP contribution in [0.2, 0.25) is 10.0 Å². The van der Waals surface area contributed by atoms with Crippen LogP contribution in [0.3, 0.4) is 0 Å². The van der Waals surface area contributed by atoms with E-state index in [1.807, 2.05) is 0 Å². The number of ketones is 2. The van der Waals surface area contributed by atoms with Crippen molar-refractivity contribution in [3.05, 3.63) is 92.7 Å². The Balaban J connectivity index is 1.51. The molecule has 1 heterocycles. The fourth-order valence-electron chi connectivity index (χ4n) is 3.28. The van der Waals surface area contributed by atoms with E-state index in [2.05, 4.69) is 0 Å². The van der Waals surface area contributed by atoms with Gasteiger partial charge >= 0.3 is 0 Å². The number of rotatable bonds is 6. The van der Waals surface area contributed by atoms with Gasteiger partial charge in [0.1, 0.15) is 17.2 Å². The first-order valence-electron chi connectivity index (χ1n) is 9.70. The maximum Gasteiger partial charge on any atom is 0.231 e. The van der Waals surface area contributed by atoms with Crippen LogP contribution < -0.4 is 14.2 Å². The highest BCUT2D eigenvalue weighted by atomic mass is 35.5. The fraction of sp³-hybridized carbons (Fsp3) is 0.120. The Hall–Kier alpha value is -3.28. The zero-order valence-electron chi connectivity index (χ0n) is 17.3. The van der Waals surface area contributed by atoms with E-state index in [-0.39, 0.29) is 23.9 Å². The maximum atomic E-state index is 12.8. The summed E-state index contributed by atoms with van der Waals surface area (Å²) in [4.78, 5) is 25.2. The van der Waals surface area contributed by atoms with Crippen LogP contribution in [0.5, 0.6) is 17.2 Å². The van der Waals surface area contributed by atoms with Crippen molar-refractivity contribution >= 4 is 40.8 Å². The Labute approximate surface area is 195 Å². The third-order valence-corrected chi connectivity index (χ3v) is 5.79. The summed E-state index contributed by atoms with van der Waals surface area (Å²) in [5.74, 6) is 1.31. The molecule has 4 rings (SSSR count). The molecule has 0 spiro atoms. The number of hydrogen-bond donors (Lipinski definition) is 0. The number of benzene rings is 3. The highest BCUT2D eigenvalue weighted by Crippen LogP contribution is 2.39. The van der Waals surface area contributed by atoms with E-state index in [1.54, 1.807) is 74.7 Å². The summed E-state index contributed by atoms with van der Waals surface area (Å²) >= 11 is 12.0. The normalized spacial score (nSPS) is 13.6. The third-order valence-electron chi connectivity index (χ3n) is 5.05. The molecule has 0 amide bonds. The lowest BCUT2D eigenvalue weighted by molar-refractivity contribution is 0.0920. The molecule has 1 aliphatic heterocycles. The molecule has 0 N–H and O–H groups in total. The maximum absolute atomic E-state index is 12.8. The van der Waals surface area contributed by atoms with Gasteiger partial charge in [0.2, 0.25) is 5.78 Å². The Morgan fingerprint density at radius 2 is 1.78 bits per heavy atom. The van der Waals surface area contributed by atoms with Crippen molar-refractivity contribution < 1.29 is 23.8 Å². The van der Waals surface area contributed by atoms with Gasteiger partial charge in [0.25, 0.3) is 0 Å². The number of ether oxygens (including phenoxy) is 3. The molecule has 162 valence electrons. The molecular weight excluding hydrogens is 451 g/mol. The van der Waals surface area contributed by atoms with Gasteiger partial charge in [-0.1, -0.05) is 29.3 Å². The lowest BCUT2D eigenvalue weighted by Gasteiger charge is -2.11. The van der Waals surface area contributed by atoms with Gasteiger partial charge in [0.05, 0.1) is 22.7 Å². The molecule has 0 atom stereocenters. The monoisotopic (exact) mass is 468 g/mol. The Morgan fingerprint density at radius 1 is 1.03 bits per heavy atom. The van der Waals surface area contributed by atoms with Crippen molar-refractivity contribution in [2.75, 3.05) is 13.7 Å². The molecule has 0 saturated carbocycles. The Morgan fingerprint density at radius 3 is 2.47 bits per heavy atom. The Kier molecular flexibility index (Phi) is 6.21. The first kappa shape index (κ1) is 21.9. The lowest BCUT2D eigenvalue weighted by Crippen LogP contribution is -2.12. The van der Waals surface area contributed by atoms with Crippen molar-refractivity contribution in [2.24, 2.45) is 0 Å². The van der Waals surface area contributed by atoms with Gasteiger partial charge < -0.3 is 14.2 Å². The van der Waals surface area contributed by atoms with Gasteiger partial charge in [-0.25, -0.2) is 0 Å². The fourth-order valence-corrected chi connectivity index (χ4v) is 3.59. The number of Topliss-reactive ketones (excluding diaryl/α,β-unsaturated/α-hetero) is 2. The minimum Gasteiger partial charge on any atom is -0.497 e. The second kappa shape index (κ2) is 9.07. The number of methoxy groups -OCH3 is 1. The van der Waals surface area contributed by atoms with Gasteiger partial charge in [-0.15, -0.1) is 0 Å². The van der Waals surface area contributed by atoms with E-state index in [4.69, 9.17) is 37.4 Å². The number of carbonyl (C=O) groups is 2. The minimum atomic E-state index is -0.241. The largest absolute Gasteiger partial charge is 0.497 e. The van der Waals surface area contributed by atoms with Crippen molar-refractivity contribution in [1.29, 1.82) is 0 Å². The standard InChI is InChI=1S/C25H18Cl2O5/c1-14-22(31-13-21(28)16-4-6-17(30-2)7-5-16)10-8-18-24(29)23(32-25(14)18)12-15-3-9-19(26)20(27)11-15/h3-12H,13H2,1-2H3/b23-12-. The number of carbonyl (C=O) groups excluding carboxylic acids is 2. The molecule has 32 heavy (non-hydrogen) atoms. The van der Waals surface area contributed by atoms with E-state index in [0.717, 1.165) is 0 Å². The van der Waals surface area contributed by atoms with E-state index >= 15 is 0 Å². The molecule has 0 bridgehead atoms. The number of halogens is 2. The highest BCUT2D eigenvalue weighted by Gasteiger charge is 2.30. The van der Waals surface area contributed by atoms with Crippen LogP contribution in [0.25, 0.3) is 6.08 Å². The second-order valence-electron chi connectivity index (χ2n) is 7.12. The summed E-state index contributed by atoms with van der Waals surface area (Å²) in [6.45, 7) is 1.63. The molecule has 1 aliphatic rings.